The van der Waals surface area contributed by atoms with E-state index in [0.717, 1.165) is 29.9 Å². The Labute approximate surface area is 181 Å². The van der Waals surface area contributed by atoms with Crippen molar-refractivity contribution in [1.82, 2.24) is 14.5 Å². The van der Waals surface area contributed by atoms with Gasteiger partial charge in [-0.25, -0.2) is 4.98 Å². The molecule has 30 heavy (non-hydrogen) atoms. The van der Waals surface area contributed by atoms with Crippen LogP contribution in [-0.2, 0) is 4.79 Å². The van der Waals surface area contributed by atoms with Gasteiger partial charge in [-0.1, -0.05) is 57.2 Å². The predicted octanol–water partition coefficient (Wildman–Crippen LogP) is 5.35. The smallest absolute Gasteiger partial charge is 0.250 e. The van der Waals surface area contributed by atoms with Crippen LogP contribution in [-0.4, -0.2) is 39.6 Å². The maximum Gasteiger partial charge on any atom is 0.250 e. The van der Waals surface area contributed by atoms with Gasteiger partial charge in [0.2, 0.25) is 5.91 Å². The van der Waals surface area contributed by atoms with Crippen molar-refractivity contribution in [3.63, 3.8) is 0 Å². The third kappa shape index (κ3) is 6.34. The Balaban J connectivity index is 0.00000101. The number of carbonyl (C=O) groups excluding carboxylic acids is 1. The third-order valence-electron chi connectivity index (χ3n) is 4.95. The van der Waals surface area contributed by atoms with Gasteiger partial charge >= 0.3 is 0 Å². The number of nitrogens with zero attached hydrogens (tertiary/aromatic N) is 3. The average Bonchev–Trinajstić information content (AvgIpc) is 3.19. The molecule has 1 saturated heterocycles. The van der Waals surface area contributed by atoms with Crippen LogP contribution in [0.15, 0.2) is 67.2 Å². The highest BCUT2D eigenvalue weighted by Crippen LogP contribution is 2.25. The summed E-state index contributed by atoms with van der Waals surface area (Å²) in [4.78, 5) is 19.5. The lowest BCUT2D eigenvalue weighted by Gasteiger charge is -2.35. The van der Waals surface area contributed by atoms with E-state index in [1.54, 1.807) is 12.4 Å². The number of aryl methyl sites for hydroxylation is 1. The number of rotatable bonds is 6. The van der Waals surface area contributed by atoms with Gasteiger partial charge in [-0.3, -0.25) is 4.79 Å². The summed E-state index contributed by atoms with van der Waals surface area (Å²) in [6.45, 7) is 13.4. The molecular formula is C25H35N3O2. The maximum absolute atomic E-state index is 13.3. The molecule has 1 aromatic heterocycles. The molecule has 0 bridgehead atoms. The molecule has 1 atom stereocenters. The number of ether oxygens (including phenoxy) is 1. The summed E-state index contributed by atoms with van der Waals surface area (Å²) < 4.78 is 7.92. The fraction of sp³-hybridized carbons (Fsp3) is 0.440. The molecule has 0 N–H and O–H groups in total. The minimum absolute atomic E-state index is 0.0820. The van der Waals surface area contributed by atoms with Crippen LogP contribution in [0, 0.1) is 6.92 Å². The topological polar surface area (TPSA) is 47.4 Å². The molecule has 0 saturated carbocycles. The highest BCUT2D eigenvalue weighted by Gasteiger charge is 2.31. The molecule has 2 heterocycles. The Morgan fingerprint density at radius 1 is 1.27 bits per heavy atom. The largest absolute Gasteiger partial charge is 0.490 e. The van der Waals surface area contributed by atoms with Crippen molar-refractivity contribution < 1.29 is 9.53 Å². The molecule has 2 aromatic rings. The number of amides is 1. The average molecular weight is 410 g/mol. The molecule has 1 amide bonds. The number of hydrogen-bond donors (Lipinski definition) is 0. The number of benzene rings is 1. The zero-order valence-corrected chi connectivity index (χ0v) is 18.8. The number of allylic oxidation sites excluding steroid dienone is 2. The Hall–Kier alpha value is -2.82. The second-order valence-electron chi connectivity index (χ2n) is 7.52. The summed E-state index contributed by atoms with van der Waals surface area (Å²) in [6, 6.07) is 9.44. The number of aromatic nitrogens is 2. The van der Waals surface area contributed by atoms with E-state index in [1.165, 1.54) is 6.42 Å². The number of carbonyl (C=O) groups is 1. The zero-order valence-electron chi connectivity index (χ0n) is 18.8. The fourth-order valence-corrected chi connectivity index (χ4v) is 3.47. The van der Waals surface area contributed by atoms with Crippen molar-refractivity contribution in [3.8, 4) is 5.75 Å². The fourth-order valence-electron chi connectivity index (χ4n) is 3.47. The van der Waals surface area contributed by atoms with Gasteiger partial charge in [0.25, 0.3) is 0 Å². The lowest BCUT2D eigenvalue weighted by Crippen LogP contribution is -2.45. The number of para-hydroxylation sites is 1. The first-order valence-corrected chi connectivity index (χ1v) is 10.8. The van der Waals surface area contributed by atoms with Crippen LogP contribution in [0.1, 0.15) is 51.8 Å². The number of imidazole rings is 1. The number of likely N-dealkylation sites (tertiary alicyclic amines) is 1. The van der Waals surface area contributed by atoms with E-state index in [9.17, 15) is 4.79 Å². The van der Waals surface area contributed by atoms with Gasteiger partial charge in [0.1, 0.15) is 17.9 Å². The van der Waals surface area contributed by atoms with Gasteiger partial charge in [0.15, 0.2) is 0 Å². The molecule has 0 spiro atoms. The highest BCUT2D eigenvalue weighted by atomic mass is 16.5. The molecule has 162 valence electrons. The van der Waals surface area contributed by atoms with Crippen LogP contribution in [0.3, 0.4) is 0 Å². The summed E-state index contributed by atoms with van der Waals surface area (Å²) in [7, 11) is 0. The van der Waals surface area contributed by atoms with E-state index in [4.69, 9.17) is 4.74 Å². The molecule has 1 aromatic carbocycles. The van der Waals surface area contributed by atoms with Gasteiger partial charge in [0.05, 0.1) is 12.0 Å². The second kappa shape index (κ2) is 12.0. The number of hydrogen-bond acceptors (Lipinski definition) is 3. The van der Waals surface area contributed by atoms with Gasteiger partial charge in [-0.05, 0) is 31.6 Å². The normalized spacial score (nSPS) is 15.7. The minimum Gasteiger partial charge on any atom is -0.490 e. The molecule has 3 rings (SSSR count). The van der Waals surface area contributed by atoms with E-state index in [1.807, 2.05) is 65.9 Å². The van der Waals surface area contributed by atoms with Crippen molar-refractivity contribution in [2.75, 3.05) is 13.1 Å². The molecule has 1 unspecified atom stereocenters. The highest BCUT2D eigenvalue weighted by molar-refractivity contribution is 5.84. The lowest BCUT2D eigenvalue weighted by atomic mass is 10.0. The van der Waals surface area contributed by atoms with E-state index in [0.29, 0.717) is 13.1 Å². The summed E-state index contributed by atoms with van der Waals surface area (Å²) in [5.74, 6) is 0.968. The molecule has 0 aliphatic carbocycles. The number of piperidine rings is 1. The van der Waals surface area contributed by atoms with Gasteiger partial charge in [-0.2, -0.15) is 0 Å². The van der Waals surface area contributed by atoms with Crippen molar-refractivity contribution in [3.05, 3.63) is 72.9 Å². The first-order valence-electron chi connectivity index (χ1n) is 10.8. The third-order valence-corrected chi connectivity index (χ3v) is 4.95. The predicted molar refractivity (Wildman–Crippen MR) is 123 cm³/mol. The van der Waals surface area contributed by atoms with Crippen LogP contribution in [0.4, 0.5) is 0 Å². The van der Waals surface area contributed by atoms with Gasteiger partial charge in [0, 0.05) is 32.1 Å². The SMILES string of the molecule is C=C/C(=C\C)C(C(=O)N1CCC(Oc2ccccc2)CC1)n1cnc(C)c1.CCC. The van der Waals surface area contributed by atoms with E-state index in [2.05, 4.69) is 25.4 Å². The monoisotopic (exact) mass is 409 g/mol. The Bertz CT molecular complexity index is 818. The Morgan fingerprint density at radius 2 is 1.90 bits per heavy atom. The first kappa shape index (κ1) is 23.5. The second-order valence-corrected chi connectivity index (χ2v) is 7.52. The van der Waals surface area contributed by atoms with Crippen LogP contribution in [0.2, 0.25) is 0 Å². The Kier molecular flexibility index (Phi) is 9.39. The minimum atomic E-state index is -0.416. The van der Waals surface area contributed by atoms with E-state index in [-0.39, 0.29) is 12.0 Å². The quantitative estimate of drug-likeness (QED) is 0.604. The first-order chi connectivity index (χ1) is 14.5. The molecule has 1 aliphatic rings. The summed E-state index contributed by atoms with van der Waals surface area (Å²) in [6.07, 6.45) is 10.4. The summed E-state index contributed by atoms with van der Waals surface area (Å²) >= 11 is 0. The zero-order chi connectivity index (χ0) is 21.9. The van der Waals surface area contributed by atoms with Gasteiger partial charge in [-0.15, -0.1) is 0 Å². The van der Waals surface area contributed by atoms with Crippen molar-refractivity contribution >= 4 is 5.91 Å². The molecule has 1 aliphatic heterocycles. The van der Waals surface area contributed by atoms with Crippen LogP contribution < -0.4 is 4.74 Å². The van der Waals surface area contributed by atoms with E-state index < -0.39 is 6.04 Å². The van der Waals surface area contributed by atoms with Crippen LogP contribution in [0.5, 0.6) is 5.75 Å². The standard InChI is InChI=1S/C22H27N3O2.C3H8/c1-4-18(5-2)21(25-15-17(3)23-16-25)22(26)24-13-11-20(12-14-24)27-19-9-7-6-8-10-19;1-3-2/h4-10,15-16,20-21H,1,11-14H2,2-3H3;3H2,1-2H3/b18-5+;. The Morgan fingerprint density at radius 3 is 2.40 bits per heavy atom. The molecule has 5 nitrogen and oxygen atoms in total. The summed E-state index contributed by atoms with van der Waals surface area (Å²) in [5.41, 5.74) is 1.78. The molecule has 5 heteroatoms. The molecule has 0 radical (unpaired) electrons. The molecular weight excluding hydrogens is 374 g/mol. The lowest BCUT2D eigenvalue weighted by molar-refractivity contribution is -0.135. The van der Waals surface area contributed by atoms with Crippen molar-refractivity contribution in [1.29, 1.82) is 0 Å². The van der Waals surface area contributed by atoms with Gasteiger partial charge < -0.3 is 14.2 Å². The van der Waals surface area contributed by atoms with Crippen LogP contribution >= 0.6 is 0 Å². The van der Waals surface area contributed by atoms with Crippen molar-refractivity contribution in [2.45, 2.75) is 59.1 Å². The van der Waals surface area contributed by atoms with Crippen molar-refractivity contribution in [2.24, 2.45) is 0 Å². The molecule has 1 fully saturated rings. The van der Waals surface area contributed by atoms with E-state index >= 15 is 0 Å². The summed E-state index contributed by atoms with van der Waals surface area (Å²) in [5, 5.41) is 0. The van der Waals surface area contributed by atoms with Crippen LogP contribution in [0.25, 0.3) is 0 Å². The maximum atomic E-state index is 13.3.